The van der Waals surface area contributed by atoms with Crippen LogP contribution in [0.15, 0.2) is 0 Å². The van der Waals surface area contributed by atoms with Crippen LogP contribution < -0.4 is 0 Å². The van der Waals surface area contributed by atoms with Gasteiger partial charge in [0.25, 0.3) is 0 Å². The van der Waals surface area contributed by atoms with Crippen molar-refractivity contribution in [1.82, 2.24) is 0 Å². The predicted octanol–water partition coefficient (Wildman–Crippen LogP) is 3.79. The van der Waals surface area contributed by atoms with Crippen LogP contribution in [0.25, 0.3) is 0 Å². The van der Waals surface area contributed by atoms with E-state index in [1.165, 1.54) is 19.3 Å². The number of hydrogen-bond donors (Lipinski definition) is 3. The second-order valence-electron chi connectivity index (χ2n) is 8.15. The van der Waals surface area contributed by atoms with Crippen molar-refractivity contribution in [3.8, 4) is 0 Å². The molecule has 2 saturated carbocycles. The van der Waals surface area contributed by atoms with E-state index in [1.807, 2.05) is 0 Å². The SMILES string of the molecule is CC1CCC(O)(C2(O)CCCCCCCCC2C(C)O)CC1. The highest BCUT2D eigenvalue weighted by Gasteiger charge is 2.54. The molecule has 130 valence electrons. The van der Waals surface area contributed by atoms with Gasteiger partial charge < -0.3 is 15.3 Å². The van der Waals surface area contributed by atoms with Crippen LogP contribution in [0.5, 0.6) is 0 Å². The normalized spacial score (nSPS) is 43.5. The van der Waals surface area contributed by atoms with Crippen LogP contribution in [0.1, 0.15) is 90.9 Å². The molecule has 2 fully saturated rings. The minimum Gasteiger partial charge on any atom is -0.393 e. The number of hydrogen-bond acceptors (Lipinski definition) is 3. The first kappa shape index (κ1) is 18.2. The lowest BCUT2D eigenvalue weighted by Gasteiger charge is -2.52. The molecule has 0 spiro atoms. The van der Waals surface area contributed by atoms with E-state index in [4.69, 9.17) is 0 Å². The van der Waals surface area contributed by atoms with Crippen molar-refractivity contribution in [3.63, 3.8) is 0 Å². The zero-order valence-corrected chi connectivity index (χ0v) is 14.6. The Bertz CT molecular complexity index is 334. The minimum absolute atomic E-state index is 0.205. The third kappa shape index (κ3) is 3.85. The monoisotopic (exact) mass is 312 g/mol. The summed E-state index contributed by atoms with van der Waals surface area (Å²) in [5.41, 5.74) is -2.14. The van der Waals surface area contributed by atoms with Crippen molar-refractivity contribution in [1.29, 1.82) is 0 Å². The van der Waals surface area contributed by atoms with Crippen LogP contribution in [0.4, 0.5) is 0 Å². The van der Waals surface area contributed by atoms with Crippen molar-refractivity contribution in [3.05, 3.63) is 0 Å². The van der Waals surface area contributed by atoms with Gasteiger partial charge in [-0.25, -0.2) is 0 Å². The van der Waals surface area contributed by atoms with Crippen LogP contribution >= 0.6 is 0 Å². The van der Waals surface area contributed by atoms with Gasteiger partial charge in [0.2, 0.25) is 0 Å². The second kappa shape index (κ2) is 7.63. The van der Waals surface area contributed by atoms with Crippen molar-refractivity contribution in [2.75, 3.05) is 0 Å². The maximum atomic E-state index is 11.6. The maximum Gasteiger partial charge on any atom is 0.0985 e. The van der Waals surface area contributed by atoms with E-state index in [1.54, 1.807) is 6.92 Å². The molecule has 3 atom stereocenters. The van der Waals surface area contributed by atoms with Gasteiger partial charge in [0, 0.05) is 5.92 Å². The Labute approximate surface area is 136 Å². The number of aliphatic hydroxyl groups is 3. The van der Waals surface area contributed by atoms with Gasteiger partial charge in [-0.3, -0.25) is 0 Å². The van der Waals surface area contributed by atoms with Gasteiger partial charge in [-0.1, -0.05) is 45.4 Å². The molecule has 22 heavy (non-hydrogen) atoms. The largest absolute Gasteiger partial charge is 0.393 e. The Kier molecular flexibility index (Phi) is 6.32. The first-order valence-electron chi connectivity index (χ1n) is 9.52. The fraction of sp³-hybridized carbons (Fsp3) is 1.00. The molecule has 3 nitrogen and oxygen atoms in total. The molecule has 0 aromatic rings. The van der Waals surface area contributed by atoms with Crippen molar-refractivity contribution < 1.29 is 15.3 Å². The molecule has 2 rings (SSSR count). The van der Waals surface area contributed by atoms with Gasteiger partial charge in [0.15, 0.2) is 0 Å². The lowest BCUT2D eigenvalue weighted by Crippen LogP contribution is -2.62. The molecule has 0 bridgehead atoms. The minimum atomic E-state index is -1.13. The summed E-state index contributed by atoms with van der Waals surface area (Å²) in [5.74, 6) is 0.428. The van der Waals surface area contributed by atoms with Gasteiger partial charge in [0.05, 0.1) is 17.3 Å². The lowest BCUT2D eigenvalue weighted by molar-refractivity contribution is -0.219. The van der Waals surface area contributed by atoms with E-state index < -0.39 is 17.3 Å². The zero-order chi connectivity index (χ0) is 16.2. The highest BCUT2D eigenvalue weighted by molar-refractivity contribution is 5.06. The molecule has 0 saturated heterocycles. The summed E-state index contributed by atoms with van der Waals surface area (Å²) < 4.78 is 0. The maximum absolute atomic E-state index is 11.6. The molecular weight excluding hydrogens is 276 g/mol. The Morgan fingerprint density at radius 1 is 0.818 bits per heavy atom. The Morgan fingerprint density at radius 3 is 1.95 bits per heavy atom. The summed E-state index contributed by atoms with van der Waals surface area (Å²) in [6.07, 6.45) is 11.0. The van der Waals surface area contributed by atoms with E-state index in [0.717, 1.165) is 38.5 Å². The molecule has 3 unspecified atom stereocenters. The van der Waals surface area contributed by atoms with Crippen LogP contribution in [-0.4, -0.2) is 32.6 Å². The smallest absolute Gasteiger partial charge is 0.0985 e. The molecule has 0 aromatic heterocycles. The standard InChI is InChI=1S/C19H36O3/c1-15-10-13-18(21,14-11-15)19(22)12-8-6-4-3-5-7-9-17(19)16(2)20/h15-17,20-22H,3-14H2,1-2H3. The molecule has 2 aliphatic carbocycles. The number of rotatable bonds is 2. The highest BCUT2D eigenvalue weighted by atomic mass is 16.4. The van der Waals surface area contributed by atoms with E-state index in [2.05, 4.69) is 6.92 Å². The third-order valence-electron chi connectivity index (χ3n) is 6.43. The summed E-state index contributed by atoms with van der Waals surface area (Å²) in [6, 6.07) is 0. The average Bonchev–Trinajstić information content (AvgIpc) is 2.48. The van der Waals surface area contributed by atoms with Gasteiger partial charge >= 0.3 is 0 Å². The first-order valence-corrected chi connectivity index (χ1v) is 9.52. The van der Waals surface area contributed by atoms with Gasteiger partial charge in [-0.05, 0) is 51.4 Å². The van der Waals surface area contributed by atoms with Gasteiger partial charge in [0.1, 0.15) is 0 Å². The zero-order valence-electron chi connectivity index (χ0n) is 14.6. The van der Waals surface area contributed by atoms with Crippen LogP contribution in [0, 0.1) is 11.8 Å². The molecule has 3 heteroatoms. The summed E-state index contributed by atoms with van der Waals surface area (Å²) in [7, 11) is 0. The quantitative estimate of drug-likeness (QED) is 0.727. The van der Waals surface area contributed by atoms with Crippen LogP contribution in [-0.2, 0) is 0 Å². The summed E-state index contributed by atoms with van der Waals surface area (Å²) in [6.45, 7) is 4.01. The summed E-state index contributed by atoms with van der Waals surface area (Å²) in [4.78, 5) is 0. The molecule has 0 aromatic carbocycles. The topological polar surface area (TPSA) is 60.7 Å². The Morgan fingerprint density at radius 2 is 1.36 bits per heavy atom. The molecule has 0 heterocycles. The molecule has 3 N–H and O–H groups in total. The van der Waals surface area contributed by atoms with Crippen molar-refractivity contribution in [2.45, 2.75) is 108 Å². The summed E-state index contributed by atoms with van der Waals surface area (Å²) >= 11 is 0. The van der Waals surface area contributed by atoms with Crippen LogP contribution in [0.2, 0.25) is 0 Å². The molecular formula is C19H36O3. The highest BCUT2D eigenvalue weighted by Crippen LogP contribution is 2.47. The van der Waals surface area contributed by atoms with E-state index in [0.29, 0.717) is 25.2 Å². The molecule has 2 aliphatic rings. The van der Waals surface area contributed by atoms with Crippen molar-refractivity contribution >= 4 is 0 Å². The average molecular weight is 312 g/mol. The van der Waals surface area contributed by atoms with Crippen LogP contribution in [0.3, 0.4) is 0 Å². The molecule has 0 amide bonds. The fourth-order valence-electron chi connectivity index (χ4n) is 4.78. The van der Waals surface area contributed by atoms with Gasteiger partial charge in [-0.2, -0.15) is 0 Å². The Hall–Kier alpha value is -0.120. The van der Waals surface area contributed by atoms with E-state index in [9.17, 15) is 15.3 Å². The second-order valence-corrected chi connectivity index (χ2v) is 8.15. The Balaban J connectivity index is 2.24. The molecule has 0 aliphatic heterocycles. The van der Waals surface area contributed by atoms with Crippen molar-refractivity contribution in [2.24, 2.45) is 11.8 Å². The predicted molar refractivity (Wildman–Crippen MR) is 89.6 cm³/mol. The first-order chi connectivity index (χ1) is 10.4. The fourth-order valence-corrected chi connectivity index (χ4v) is 4.78. The molecule has 0 radical (unpaired) electrons. The lowest BCUT2D eigenvalue weighted by atomic mass is 9.61. The van der Waals surface area contributed by atoms with E-state index in [-0.39, 0.29) is 5.92 Å². The summed E-state index contributed by atoms with van der Waals surface area (Å²) in [5, 5.41) is 33.2. The third-order valence-corrected chi connectivity index (χ3v) is 6.43. The number of aliphatic hydroxyl groups excluding tert-OH is 1. The van der Waals surface area contributed by atoms with Gasteiger partial charge in [-0.15, -0.1) is 0 Å². The van der Waals surface area contributed by atoms with E-state index >= 15 is 0 Å².